The van der Waals surface area contributed by atoms with Crippen molar-refractivity contribution in [3.05, 3.63) is 65.0 Å². The number of halogens is 1. The third-order valence-electron chi connectivity index (χ3n) is 3.18. The third-order valence-corrected chi connectivity index (χ3v) is 3.18. The third kappa shape index (κ3) is 3.32. The summed E-state index contributed by atoms with van der Waals surface area (Å²) in [5.74, 6) is -0.200. The Bertz CT molecular complexity index is 566. The molecule has 0 aromatic heterocycles. The molecule has 0 fully saturated rings. The van der Waals surface area contributed by atoms with Crippen LogP contribution < -0.4 is 10.6 Å². The minimum Gasteiger partial charge on any atom is -0.370 e. The van der Waals surface area contributed by atoms with E-state index in [2.05, 4.69) is 24.0 Å². The van der Waals surface area contributed by atoms with Crippen LogP contribution in [-0.4, -0.2) is 7.05 Å². The van der Waals surface area contributed by atoms with Gasteiger partial charge in [-0.3, -0.25) is 0 Å². The van der Waals surface area contributed by atoms with E-state index in [9.17, 15) is 4.39 Å². The summed E-state index contributed by atoms with van der Waals surface area (Å²) in [6.45, 7) is 3.22. The van der Waals surface area contributed by atoms with Crippen molar-refractivity contribution >= 4 is 5.69 Å². The van der Waals surface area contributed by atoms with Crippen molar-refractivity contribution in [2.45, 2.75) is 20.0 Å². The average molecular weight is 258 g/mol. The maximum atomic E-state index is 13.2. The molecule has 0 saturated heterocycles. The maximum absolute atomic E-state index is 13.2. The first kappa shape index (κ1) is 13.6. The SMILES string of the molecule is Cc1ccc(CN)c(N(C)Cc2cccc(F)c2)c1. The fourth-order valence-corrected chi connectivity index (χ4v) is 2.20. The highest BCUT2D eigenvalue weighted by atomic mass is 19.1. The van der Waals surface area contributed by atoms with Crippen molar-refractivity contribution < 1.29 is 4.39 Å². The van der Waals surface area contributed by atoms with Crippen LogP contribution in [0, 0.1) is 12.7 Å². The van der Waals surface area contributed by atoms with Gasteiger partial charge in [0.05, 0.1) is 0 Å². The molecule has 2 aromatic rings. The van der Waals surface area contributed by atoms with Crippen LogP contribution in [0.15, 0.2) is 42.5 Å². The first-order valence-electron chi connectivity index (χ1n) is 6.35. The van der Waals surface area contributed by atoms with Gasteiger partial charge in [-0.1, -0.05) is 24.3 Å². The minimum atomic E-state index is -0.200. The molecule has 0 saturated carbocycles. The zero-order valence-corrected chi connectivity index (χ0v) is 11.4. The van der Waals surface area contributed by atoms with Crippen molar-refractivity contribution in [1.82, 2.24) is 0 Å². The number of aryl methyl sites for hydroxylation is 1. The lowest BCUT2D eigenvalue weighted by atomic mass is 10.1. The molecule has 100 valence electrons. The molecule has 0 radical (unpaired) electrons. The fourth-order valence-electron chi connectivity index (χ4n) is 2.20. The van der Waals surface area contributed by atoms with E-state index in [0.717, 1.165) is 16.8 Å². The van der Waals surface area contributed by atoms with E-state index in [1.807, 2.05) is 19.2 Å². The highest BCUT2D eigenvalue weighted by molar-refractivity contribution is 5.55. The Kier molecular flexibility index (Phi) is 4.17. The lowest BCUT2D eigenvalue weighted by Crippen LogP contribution is -2.19. The molecule has 2 rings (SSSR count). The summed E-state index contributed by atoms with van der Waals surface area (Å²) in [6, 6.07) is 12.9. The van der Waals surface area contributed by atoms with Crippen molar-refractivity contribution in [3.63, 3.8) is 0 Å². The van der Waals surface area contributed by atoms with Crippen LogP contribution in [0.4, 0.5) is 10.1 Å². The van der Waals surface area contributed by atoms with Gasteiger partial charge in [0.15, 0.2) is 0 Å². The molecule has 0 amide bonds. The van der Waals surface area contributed by atoms with E-state index in [-0.39, 0.29) is 5.82 Å². The normalized spacial score (nSPS) is 10.5. The number of rotatable bonds is 4. The molecule has 0 aliphatic rings. The Hall–Kier alpha value is -1.87. The summed E-state index contributed by atoms with van der Waals surface area (Å²) in [5.41, 5.74) is 10.1. The zero-order valence-electron chi connectivity index (χ0n) is 11.4. The lowest BCUT2D eigenvalue weighted by Gasteiger charge is -2.23. The number of nitrogens with two attached hydrogens (primary N) is 1. The quantitative estimate of drug-likeness (QED) is 0.912. The van der Waals surface area contributed by atoms with Crippen molar-refractivity contribution in [3.8, 4) is 0 Å². The Morgan fingerprint density at radius 2 is 1.95 bits per heavy atom. The summed E-state index contributed by atoms with van der Waals surface area (Å²) in [5, 5.41) is 0. The van der Waals surface area contributed by atoms with Crippen molar-refractivity contribution in [2.24, 2.45) is 5.73 Å². The molecular weight excluding hydrogens is 239 g/mol. The molecule has 0 heterocycles. The Morgan fingerprint density at radius 3 is 2.63 bits per heavy atom. The molecule has 2 N–H and O–H groups in total. The van der Waals surface area contributed by atoms with Gasteiger partial charge in [-0.25, -0.2) is 4.39 Å². The van der Waals surface area contributed by atoms with Crippen LogP contribution in [-0.2, 0) is 13.1 Å². The molecule has 2 aromatic carbocycles. The standard InChI is InChI=1S/C16H19FN2/c1-12-6-7-14(10-18)16(8-12)19(2)11-13-4-3-5-15(17)9-13/h3-9H,10-11,18H2,1-2H3. The van der Waals surface area contributed by atoms with Gasteiger partial charge in [0.1, 0.15) is 5.82 Å². The Labute approximate surface area is 113 Å². The molecule has 0 bridgehead atoms. The monoisotopic (exact) mass is 258 g/mol. The Balaban J connectivity index is 2.24. The molecule has 0 atom stereocenters. The average Bonchev–Trinajstić information content (AvgIpc) is 2.38. The predicted octanol–water partition coefficient (Wildman–Crippen LogP) is 3.23. The smallest absolute Gasteiger partial charge is 0.123 e. The van der Waals surface area contributed by atoms with Crippen LogP contribution >= 0.6 is 0 Å². The largest absolute Gasteiger partial charge is 0.370 e. The van der Waals surface area contributed by atoms with Gasteiger partial charge in [-0.15, -0.1) is 0 Å². The van der Waals surface area contributed by atoms with Gasteiger partial charge in [0.2, 0.25) is 0 Å². The van der Waals surface area contributed by atoms with Gasteiger partial charge in [-0.2, -0.15) is 0 Å². The minimum absolute atomic E-state index is 0.200. The van der Waals surface area contributed by atoms with E-state index in [0.29, 0.717) is 13.1 Å². The van der Waals surface area contributed by atoms with Gasteiger partial charge in [0.25, 0.3) is 0 Å². The van der Waals surface area contributed by atoms with Crippen molar-refractivity contribution in [1.29, 1.82) is 0 Å². The van der Waals surface area contributed by atoms with E-state index >= 15 is 0 Å². The van der Waals surface area contributed by atoms with Crippen LogP contribution in [0.3, 0.4) is 0 Å². The van der Waals surface area contributed by atoms with E-state index in [4.69, 9.17) is 5.73 Å². The first-order valence-corrected chi connectivity index (χ1v) is 6.35. The highest BCUT2D eigenvalue weighted by Crippen LogP contribution is 2.22. The molecular formula is C16H19FN2. The molecule has 0 unspecified atom stereocenters. The summed E-state index contributed by atoms with van der Waals surface area (Å²) in [4.78, 5) is 2.10. The van der Waals surface area contributed by atoms with Gasteiger partial charge in [-0.05, 0) is 41.8 Å². The molecule has 0 aliphatic heterocycles. The second-order valence-electron chi connectivity index (χ2n) is 4.82. The lowest BCUT2D eigenvalue weighted by molar-refractivity contribution is 0.625. The molecule has 3 heteroatoms. The number of anilines is 1. The number of hydrogen-bond acceptors (Lipinski definition) is 2. The topological polar surface area (TPSA) is 29.3 Å². The number of benzene rings is 2. The number of nitrogens with zero attached hydrogens (tertiary/aromatic N) is 1. The molecule has 0 aliphatic carbocycles. The molecule has 2 nitrogen and oxygen atoms in total. The van der Waals surface area contributed by atoms with Gasteiger partial charge in [0, 0.05) is 25.8 Å². The maximum Gasteiger partial charge on any atom is 0.123 e. The fraction of sp³-hybridized carbons (Fsp3) is 0.250. The summed E-state index contributed by atoms with van der Waals surface area (Å²) in [7, 11) is 2.00. The van der Waals surface area contributed by atoms with Crippen LogP contribution in [0.5, 0.6) is 0 Å². The highest BCUT2D eigenvalue weighted by Gasteiger charge is 2.08. The van der Waals surface area contributed by atoms with Crippen LogP contribution in [0.1, 0.15) is 16.7 Å². The number of hydrogen-bond donors (Lipinski definition) is 1. The second-order valence-corrected chi connectivity index (χ2v) is 4.82. The van der Waals surface area contributed by atoms with Crippen LogP contribution in [0.2, 0.25) is 0 Å². The molecule has 19 heavy (non-hydrogen) atoms. The zero-order chi connectivity index (χ0) is 13.8. The first-order chi connectivity index (χ1) is 9.10. The van der Waals surface area contributed by atoms with Gasteiger partial charge >= 0.3 is 0 Å². The second kappa shape index (κ2) is 5.85. The summed E-state index contributed by atoms with van der Waals surface area (Å²) < 4.78 is 13.2. The predicted molar refractivity (Wildman–Crippen MR) is 77.6 cm³/mol. The van der Waals surface area contributed by atoms with Crippen molar-refractivity contribution in [2.75, 3.05) is 11.9 Å². The molecule has 0 spiro atoms. The Morgan fingerprint density at radius 1 is 1.16 bits per heavy atom. The van der Waals surface area contributed by atoms with Gasteiger partial charge < -0.3 is 10.6 Å². The summed E-state index contributed by atoms with van der Waals surface area (Å²) >= 11 is 0. The van der Waals surface area contributed by atoms with Crippen LogP contribution in [0.25, 0.3) is 0 Å². The van der Waals surface area contributed by atoms with E-state index < -0.39 is 0 Å². The van der Waals surface area contributed by atoms with E-state index in [1.54, 1.807) is 12.1 Å². The van der Waals surface area contributed by atoms with E-state index in [1.165, 1.54) is 11.6 Å². The summed E-state index contributed by atoms with van der Waals surface area (Å²) in [6.07, 6.45) is 0.